The highest BCUT2D eigenvalue weighted by Gasteiger charge is 2.33. The van der Waals surface area contributed by atoms with E-state index in [1.165, 1.54) is 4.57 Å². The summed E-state index contributed by atoms with van der Waals surface area (Å²) in [4.78, 5) is 36.9. The van der Waals surface area contributed by atoms with Crippen LogP contribution in [0.4, 0.5) is 0 Å². The van der Waals surface area contributed by atoms with Gasteiger partial charge in [-0.15, -0.1) is 0 Å². The number of nitrogens with one attached hydrogen (secondary N) is 2. The first-order valence-electron chi connectivity index (χ1n) is 9.35. The van der Waals surface area contributed by atoms with E-state index in [-0.39, 0.29) is 23.9 Å². The Bertz CT molecular complexity index is 968. The Labute approximate surface area is 156 Å². The predicted molar refractivity (Wildman–Crippen MR) is 100.0 cm³/mol. The van der Waals surface area contributed by atoms with E-state index in [2.05, 4.69) is 10.6 Å². The quantitative estimate of drug-likeness (QED) is 0.777. The lowest BCUT2D eigenvalue weighted by atomic mass is 9.88. The van der Waals surface area contributed by atoms with Crippen LogP contribution in [-0.4, -0.2) is 41.1 Å². The molecule has 0 aliphatic carbocycles. The largest absolute Gasteiger partial charge is 0.496 e. The summed E-state index contributed by atoms with van der Waals surface area (Å²) >= 11 is 0. The van der Waals surface area contributed by atoms with Gasteiger partial charge in [0, 0.05) is 19.0 Å². The van der Waals surface area contributed by atoms with Crippen molar-refractivity contribution in [2.24, 2.45) is 7.05 Å². The molecule has 0 saturated carbocycles. The van der Waals surface area contributed by atoms with Gasteiger partial charge < -0.3 is 10.1 Å². The highest BCUT2D eigenvalue weighted by atomic mass is 16.5. The van der Waals surface area contributed by atoms with Crippen LogP contribution < -0.4 is 21.1 Å². The molecule has 8 nitrogen and oxygen atoms in total. The van der Waals surface area contributed by atoms with Gasteiger partial charge in [-0.1, -0.05) is 0 Å². The zero-order valence-electron chi connectivity index (χ0n) is 15.6. The van der Waals surface area contributed by atoms with Crippen molar-refractivity contribution >= 4 is 22.8 Å². The van der Waals surface area contributed by atoms with Crippen molar-refractivity contribution in [3.8, 4) is 5.75 Å². The number of benzene rings is 1. The van der Waals surface area contributed by atoms with Gasteiger partial charge >= 0.3 is 5.69 Å². The summed E-state index contributed by atoms with van der Waals surface area (Å²) in [6, 6.07) is 3.04. The first-order valence-corrected chi connectivity index (χ1v) is 9.35. The number of imidazole rings is 1. The van der Waals surface area contributed by atoms with E-state index in [1.807, 2.05) is 12.1 Å². The molecule has 1 aromatic heterocycles. The molecular weight excluding hydrogens is 348 g/mol. The van der Waals surface area contributed by atoms with E-state index in [4.69, 9.17) is 4.74 Å². The van der Waals surface area contributed by atoms with Gasteiger partial charge in [-0.25, -0.2) is 4.79 Å². The lowest BCUT2D eigenvalue weighted by Crippen LogP contribution is -2.44. The molecule has 2 aliphatic rings. The van der Waals surface area contributed by atoms with Crippen LogP contribution in [0.3, 0.4) is 0 Å². The minimum absolute atomic E-state index is 0.233. The highest BCUT2D eigenvalue weighted by molar-refractivity contribution is 6.00. The first-order chi connectivity index (χ1) is 13.0. The van der Waals surface area contributed by atoms with E-state index in [1.54, 1.807) is 18.7 Å². The Hall–Kier alpha value is -2.61. The molecule has 2 aliphatic heterocycles. The molecule has 0 radical (unpaired) electrons. The minimum Gasteiger partial charge on any atom is -0.496 e. The van der Waals surface area contributed by atoms with Crippen LogP contribution in [0.1, 0.15) is 43.2 Å². The second-order valence-corrected chi connectivity index (χ2v) is 7.25. The predicted octanol–water partition coefficient (Wildman–Crippen LogP) is 0.793. The number of piperidine rings is 2. The van der Waals surface area contributed by atoms with Crippen molar-refractivity contribution < 1.29 is 14.3 Å². The molecule has 27 heavy (non-hydrogen) atoms. The Morgan fingerprint density at radius 2 is 1.85 bits per heavy atom. The van der Waals surface area contributed by atoms with E-state index in [0.29, 0.717) is 11.9 Å². The van der Waals surface area contributed by atoms with Crippen LogP contribution in [0.25, 0.3) is 11.0 Å². The van der Waals surface area contributed by atoms with E-state index >= 15 is 0 Å². The topological polar surface area (TPSA) is 94.4 Å². The zero-order valence-corrected chi connectivity index (χ0v) is 15.6. The molecular formula is C19H24N4O4. The Balaban J connectivity index is 1.93. The number of hydrogen-bond donors (Lipinski definition) is 2. The van der Waals surface area contributed by atoms with E-state index in [9.17, 15) is 14.4 Å². The van der Waals surface area contributed by atoms with Crippen LogP contribution in [0.2, 0.25) is 0 Å². The van der Waals surface area contributed by atoms with Crippen LogP contribution in [0, 0.1) is 0 Å². The zero-order chi connectivity index (χ0) is 19.1. The Morgan fingerprint density at radius 3 is 2.52 bits per heavy atom. The SMILES string of the molecule is COc1ccc2c(c1C1CCNCC1)n(C)c(=O)n2C1CCC(=O)NC1=O. The third-order valence-electron chi connectivity index (χ3n) is 5.73. The number of fused-ring (bicyclic) bond motifs is 1. The minimum atomic E-state index is -0.673. The number of ether oxygens (including phenoxy) is 1. The van der Waals surface area contributed by atoms with Gasteiger partial charge in [0.2, 0.25) is 11.8 Å². The summed E-state index contributed by atoms with van der Waals surface area (Å²) < 4.78 is 8.76. The average Bonchev–Trinajstić information content (AvgIpc) is 2.93. The molecule has 0 spiro atoms. The van der Waals surface area contributed by atoms with Crippen molar-refractivity contribution in [2.75, 3.05) is 20.2 Å². The number of amides is 2. The molecule has 144 valence electrons. The number of nitrogens with zero attached hydrogens (tertiary/aromatic N) is 2. The van der Waals surface area contributed by atoms with Gasteiger partial charge in [0.1, 0.15) is 11.8 Å². The molecule has 3 heterocycles. The summed E-state index contributed by atoms with van der Waals surface area (Å²) in [7, 11) is 3.37. The molecule has 2 N–H and O–H groups in total. The lowest BCUT2D eigenvalue weighted by molar-refractivity contribution is -0.135. The fraction of sp³-hybridized carbons (Fsp3) is 0.526. The Kier molecular flexibility index (Phi) is 4.51. The van der Waals surface area contributed by atoms with E-state index in [0.717, 1.165) is 42.8 Å². The van der Waals surface area contributed by atoms with E-state index < -0.39 is 11.9 Å². The monoisotopic (exact) mass is 372 g/mol. The number of aryl methyl sites for hydroxylation is 1. The van der Waals surface area contributed by atoms with Crippen LogP contribution in [-0.2, 0) is 16.6 Å². The number of rotatable bonds is 3. The van der Waals surface area contributed by atoms with Gasteiger partial charge in [-0.2, -0.15) is 0 Å². The number of hydrogen-bond acceptors (Lipinski definition) is 5. The normalized spacial score (nSPS) is 21.5. The maximum atomic E-state index is 13.1. The average molecular weight is 372 g/mol. The van der Waals surface area contributed by atoms with Crippen molar-refractivity contribution in [2.45, 2.75) is 37.6 Å². The Morgan fingerprint density at radius 1 is 1.11 bits per heavy atom. The fourth-order valence-electron chi connectivity index (χ4n) is 4.40. The van der Waals surface area contributed by atoms with Crippen molar-refractivity contribution in [3.05, 3.63) is 28.2 Å². The highest BCUT2D eigenvalue weighted by Crippen LogP contribution is 2.38. The third kappa shape index (κ3) is 2.84. The molecule has 1 unspecified atom stereocenters. The number of methoxy groups -OCH3 is 1. The maximum Gasteiger partial charge on any atom is 0.329 e. The summed E-state index contributed by atoms with van der Waals surface area (Å²) in [5, 5.41) is 5.71. The second-order valence-electron chi connectivity index (χ2n) is 7.25. The standard InChI is InChI=1S/C19H24N4O4/c1-22-17-12(23(19(22)26)13-4-6-15(24)21-18(13)25)3-5-14(27-2)16(17)11-7-9-20-10-8-11/h3,5,11,13,20H,4,6-10H2,1-2H3,(H,21,24,25). The van der Waals surface area contributed by atoms with Crippen molar-refractivity contribution in [1.29, 1.82) is 0 Å². The summed E-state index contributed by atoms with van der Waals surface area (Å²) in [6.07, 6.45) is 2.50. The molecule has 8 heteroatoms. The van der Waals surface area contributed by atoms with Gasteiger partial charge in [0.25, 0.3) is 0 Å². The summed E-state index contributed by atoms with van der Waals surface area (Å²) in [6.45, 7) is 1.85. The molecule has 2 fully saturated rings. The molecule has 0 bridgehead atoms. The number of aromatic nitrogens is 2. The van der Waals surface area contributed by atoms with Gasteiger partial charge in [-0.05, 0) is 50.4 Å². The number of imide groups is 1. The molecule has 2 aromatic rings. The van der Waals surface area contributed by atoms with Gasteiger partial charge in [0.15, 0.2) is 0 Å². The van der Waals surface area contributed by atoms with Crippen LogP contribution >= 0.6 is 0 Å². The van der Waals surface area contributed by atoms with Crippen molar-refractivity contribution in [1.82, 2.24) is 19.8 Å². The number of carbonyl (C=O) groups excluding carboxylic acids is 2. The molecule has 2 amide bonds. The van der Waals surface area contributed by atoms with Crippen LogP contribution in [0.5, 0.6) is 5.75 Å². The molecule has 1 aromatic carbocycles. The third-order valence-corrected chi connectivity index (χ3v) is 5.73. The van der Waals surface area contributed by atoms with Gasteiger partial charge in [0.05, 0.1) is 18.1 Å². The molecule has 4 rings (SSSR count). The second kappa shape index (κ2) is 6.84. The van der Waals surface area contributed by atoms with Crippen LogP contribution in [0.15, 0.2) is 16.9 Å². The lowest BCUT2D eigenvalue weighted by Gasteiger charge is -2.26. The smallest absolute Gasteiger partial charge is 0.329 e. The molecule has 2 saturated heterocycles. The summed E-state index contributed by atoms with van der Waals surface area (Å²) in [5.74, 6) is 0.347. The molecule has 1 atom stereocenters. The first kappa shape index (κ1) is 17.8. The maximum absolute atomic E-state index is 13.1. The fourth-order valence-corrected chi connectivity index (χ4v) is 4.40. The summed E-state index contributed by atoms with van der Waals surface area (Å²) in [5.41, 5.74) is 2.31. The van der Waals surface area contributed by atoms with Gasteiger partial charge in [-0.3, -0.25) is 24.0 Å². The number of carbonyl (C=O) groups is 2. The van der Waals surface area contributed by atoms with Crippen molar-refractivity contribution in [3.63, 3.8) is 0 Å².